The highest BCUT2D eigenvalue weighted by Crippen LogP contribution is 2.46. The lowest BCUT2D eigenvalue weighted by Gasteiger charge is -2.15. The summed E-state index contributed by atoms with van der Waals surface area (Å²) in [6.45, 7) is 0.512. The van der Waals surface area contributed by atoms with E-state index >= 15 is 0 Å². The summed E-state index contributed by atoms with van der Waals surface area (Å²) in [6.07, 6.45) is 1.47. The predicted molar refractivity (Wildman–Crippen MR) is 64.5 cm³/mol. The van der Waals surface area contributed by atoms with E-state index in [1.54, 1.807) is 31.3 Å². The fourth-order valence-corrected chi connectivity index (χ4v) is 3.96. The van der Waals surface area contributed by atoms with Crippen molar-refractivity contribution in [1.29, 1.82) is 0 Å². The number of sulfone groups is 1. The molecular weight excluding hydrogens is 246 g/mol. The summed E-state index contributed by atoms with van der Waals surface area (Å²) in [5.74, 6) is 0. The summed E-state index contributed by atoms with van der Waals surface area (Å²) in [5.41, 5.74) is 0. The Hall–Kier alpha value is -0.580. The van der Waals surface area contributed by atoms with E-state index in [2.05, 4.69) is 5.32 Å². The lowest BCUT2D eigenvalue weighted by molar-refractivity contribution is 0.569. The van der Waals surface area contributed by atoms with E-state index in [0.717, 1.165) is 12.8 Å². The summed E-state index contributed by atoms with van der Waals surface area (Å²) in [4.78, 5) is 0.365. The average Bonchev–Trinajstić information content (AvgIpc) is 3.00. The summed E-state index contributed by atoms with van der Waals surface area (Å²) < 4.78 is 24.1. The van der Waals surface area contributed by atoms with Crippen LogP contribution in [0.4, 0.5) is 0 Å². The van der Waals surface area contributed by atoms with Crippen LogP contribution in [0.25, 0.3) is 0 Å². The molecule has 0 spiro atoms. The van der Waals surface area contributed by atoms with Gasteiger partial charge in [-0.15, -0.1) is 0 Å². The van der Waals surface area contributed by atoms with Gasteiger partial charge in [0.1, 0.15) is 0 Å². The van der Waals surface area contributed by atoms with E-state index in [9.17, 15) is 8.42 Å². The van der Waals surface area contributed by atoms with E-state index in [1.165, 1.54) is 0 Å². The smallest absolute Gasteiger partial charge is 0.185 e. The first-order valence-corrected chi connectivity index (χ1v) is 7.03. The fourth-order valence-electron chi connectivity index (χ4n) is 1.87. The van der Waals surface area contributed by atoms with E-state index in [0.29, 0.717) is 16.5 Å². The Labute approximate surface area is 101 Å². The van der Waals surface area contributed by atoms with Crippen LogP contribution in [0.15, 0.2) is 29.2 Å². The van der Waals surface area contributed by atoms with Gasteiger partial charge < -0.3 is 5.32 Å². The third-order valence-corrected chi connectivity index (χ3v) is 5.84. The molecule has 1 saturated carbocycles. The molecule has 1 aromatic rings. The lowest BCUT2D eigenvalue weighted by atomic mass is 10.4. The molecular formula is C11H14ClNO2S. The molecule has 0 aromatic heterocycles. The van der Waals surface area contributed by atoms with Gasteiger partial charge in [-0.05, 0) is 44.2 Å². The third-order valence-electron chi connectivity index (χ3n) is 3.00. The van der Waals surface area contributed by atoms with Gasteiger partial charge in [0.2, 0.25) is 0 Å². The topological polar surface area (TPSA) is 46.2 Å². The van der Waals surface area contributed by atoms with Crippen molar-refractivity contribution in [2.45, 2.75) is 22.5 Å². The SMILES string of the molecule is CNCC1(S(=O)(=O)c2ccc(Cl)cc2)CC1. The van der Waals surface area contributed by atoms with Crippen molar-refractivity contribution in [2.75, 3.05) is 13.6 Å². The van der Waals surface area contributed by atoms with E-state index in [1.807, 2.05) is 0 Å². The summed E-state index contributed by atoms with van der Waals surface area (Å²) in [6, 6.07) is 6.38. The third kappa shape index (κ3) is 1.85. The molecule has 1 aliphatic carbocycles. The monoisotopic (exact) mass is 259 g/mol. The molecule has 0 aliphatic heterocycles. The molecule has 0 saturated heterocycles. The number of benzene rings is 1. The number of hydrogen-bond acceptors (Lipinski definition) is 3. The second-order valence-electron chi connectivity index (χ2n) is 4.17. The molecule has 0 amide bonds. The Morgan fingerprint density at radius 3 is 2.31 bits per heavy atom. The van der Waals surface area contributed by atoms with Crippen LogP contribution in [-0.4, -0.2) is 26.8 Å². The zero-order valence-corrected chi connectivity index (χ0v) is 10.6. The minimum atomic E-state index is -3.23. The molecule has 16 heavy (non-hydrogen) atoms. The number of hydrogen-bond donors (Lipinski definition) is 1. The van der Waals surface area contributed by atoms with Crippen molar-refractivity contribution in [3.63, 3.8) is 0 Å². The molecule has 2 rings (SSSR count). The van der Waals surface area contributed by atoms with Crippen LogP contribution in [0, 0.1) is 0 Å². The van der Waals surface area contributed by atoms with Gasteiger partial charge in [0, 0.05) is 11.6 Å². The number of halogens is 1. The van der Waals surface area contributed by atoms with Crippen molar-refractivity contribution < 1.29 is 8.42 Å². The quantitative estimate of drug-likeness (QED) is 0.898. The standard InChI is InChI=1S/C11H14ClNO2S/c1-13-8-11(6-7-11)16(14,15)10-4-2-9(12)3-5-10/h2-5,13H,6-8H2,1H3. The van der Waals surface area contributed by atoms with E-state index < -0.39 is 14.6 Å². The van der Waals surface area contributed by atoms with Gasteiger partial charge in [0.15, 0.2) is 9.84 Å². The number of nitrogens with one attached hydrogen (secondary N) is 1. The Kier molecular flexibility index (Phi) is 2.99. The molecule has 0 bridgehead atoms. The zero-order valence-electron chi connectivity index (χ0n) is 9.03. The molecule has 0 atom stereocenters. The highest BCUT2D eigenvalue weighted by atomic mass is 35.5. The fraction of sp³-hybridized carbons (Fsp3) is 0.455. The Bertz CT molecular complexity index is 477. The Morgan fingerprint density at radius 2 is 1.88 bits per heavy atom. The maximum atomic E-state index is 12.3. The van der Waals surface area contributed by atoms with Gasteiger partial charge in [-0.25, -0.2) is 8.42 Å². The van der Waals surface area contributed by atoms with Crippen LogP contribution in [-0.2, 0) is 9.84 Å². The molecule has 1 N–H and O–H groups in total. The average molecular weight is 260 g/mol. The van der Waals surface area contributed by atoms with Gasteiger partial charge in [-0.3, -0.25) is 0 Å². The lowest BCUT2D eigenvalue weighted by Crippen LogP contribution is -2.33. The maximum absolute atomic E-state index is 12.3. The first-order chi connectivity index (χ1) is 7.52. The molecule has 0 radical (unpaired) electrons. The van der Waals surface area contributed by atoms with Crippen LogP contribution in [0.3, 0.4) is 0 Å². The van der Waals surface area contributed by atoms with Crippen LogP contribution in [0.1, 0.15) is 12.8 Å². The summed E-state index contributed by atoms with van der Waals surface area (Å²) in [7, 11) is -1.45. The largest absolute Gasteiger partial charge is 0.318 e. The van der Waals surface area contributed by atoms with Crippen LogP contribution < -0.4 is 5.32 Å². The summed E-state index contributed by atoms with van der Waals surface area (Å²) in [5, 5.41) is 3.51. The van der Waals surface area contributed by atoms with E-state index in [4.69, 9.17) is 11.6 Å². The van der Waals surface area contributed by atoms with Crippen LogP contribution >= 0.6 is 11.6 Å². The molecule has 88 valence electrons. The van der Waals surface area contributed by atoms with Crippen molar-refractivity contribution in [3.8, 4) is 0 Å². The first-order valence-electron chi connectivity index (χ1n) is 5.17. The zero-order chi connectivity index (χ0) is 11.8. The highest BCUT2D eigenvalue weighted by molar-refractivity contribution is 7.93. The minimum Gasteiger partial charge on any atom is -0.318 e. The molecule has 5 heteroatoms. The van der Waals surface area contributed by atoms with Gasteiger partial charge in [0.25, 0.3) is 0 Å². The van der Waals surface area contributed by atoms with Crippen molar-refractivity contribution in [2.24, 2.45) is 0 Å². The maximum Gasteiger partial charge on any atom is 0.185 e. The predicted octanol–water partition coefficient (Wildman–Crippen LogP) is 1.87. The second-order valence-corrected chi connectivity index (χ2v) is 6.95. The molecule has 1 fully saturated rings. The van der Waals surface area contributed by atoms with Gasteiger partial charge in [-0.2, -0.15) is 0 Å². The normalized spacial score (nSPS) is 18.4. The first kappa shape index (κ1) is 11.9. The molecule has 1 aromatic carbocycles. The van der Waals surface area contributed by atoms with Crippen LogP contribution in [0.2, 0.25) is 5.02 Å². The van der Waals surface area contributed by atoms with Crippen molar-refractivity contribution >= 4 is 21.4 Å². The van der Waals surface area contributed by atoms with Gasteiger partial charge in [0.05, 0.1) is 9.64 Å². The summed E-state index contributed by atoms with van der Waals surface area (Å²) >= 11 is 5.75. The Balaban J connectivity index is 2.36. The van der Waals surface area contributed by atoms with Gasteiger partial charge in [-0.1, -0.05) is 11.6 Å². The Morgan fingerprint density at radius 1 is 1.31 bits per heavy atom. The van der Waals surface area contributed by atoms with Crippen molar-refractivity contribution in [1.82, 2.24) is 5.32 Å². The van der Waals surface area contributed by atoms with Crippen LogP contribution in [0.5, 0.6) is 0 Å². The molecule has 0 unspecified atom stereocenters. The molecule has 1 aliphatic rings. The van der Waals surface area contributed by atoms with Gasteiger partial charge >= 0.3 is 0 Å². The number of rotatable bonds is 4. The molecule has 0 heterocycles. The minimum absolute atomic E-state index is 0.365. The van der Waals surface area contributed by atoms with E-state index in [-0.39, 0.29) is 0 Å². The highest BCUT2D eigenvalue weighted by Gasteiger charge is 2.54. The second kappa shape index (κ2) is 4.02. The molecule has 3 nitrogen and oxygen atoms in total. The van der Waals surface area contributed by atoms with Crippen molar-refractivity contribution in [3.05, 3.63) is 29.3 Å².